The molecule has 0 saturated heterocycles. The molecule has 0 amide bonds. The van der Waals surface area contributed by atoms with E-state index in [-0.39, 0.29) is 5.92 Å². The van der Waals surface area contributed by atoms with Gasteiger partial charge in [0.1, 0.15) is 0 Å². The lowest BCUT2D eigenvalue weighted by atomic mass is 9.79. The fourth-order valence-electron chi connectivity index (χ4n) is 9.84. The summed E-state index contributed by atoms with van der Waals surface area (Å²) in [5.74, 6) is 2.36. The maximum Gasteiger partial charge on any atom is 0.164 e. The zero-order chi connectivity index (χ0) is 40.2. The van der Waals surface area contributed by atoms with Gasteiger partial charge in [-0.2, -0.15) is 0 Å². The van der Waals surface area contributed by atoms with Crippen LogP contribution in [0, 0.1) is 6.92 Å². The largest absolute Gasteiger partial charge is 0.209 e. The van der Waals surface area contributed by atoms with Crippen molar-refractivity contribution in [1.82, 2.24) is 15.0 Å². The molecule has 1 heterocycles. The molecule has 1 aliphatic rings. The highest BCUT2D eigenvalue weighted by atomic mass is 15.0. The fourth-order valence-corrected chi connectivity index (χ4v) is 9.84. The average molecular weight is 770 g/mol. The predicted molar refractivity (Wildman–Crippen MR) is 253 cm³/mol. The molecule has 286 valence electrons. The van der Waals surface area contributed by atoms with E-state index in [9.17, 15) is 0 Å². The van der Waals surface area contributed by atoms with E-state index in [1.807, 2.05) is 18.2 Å². The minimum Gasteiger partial charge on any atom is -0.209 e. The molecule has 0 spiro atoms. The second kappa shape index (κ2) is 14.9. The van der Waals surface area contributed by atoms with Gasteiger partial charge in [-0.05, 0) is 132 Å². The Labute approximate surface area is 350 Å². The molecule has 1 aromatic heterocycles. The topological polar surface area (TPSA) is 38.7 Å². The Morgan fingerprint density at radius 2 is 1.10 bits per heavy atom. The number of fused-ring (bicyclic) bond motifs is 8. The van der Waals surface area contributed by atoms with E-state index in [1.54, 1.807) is 0 Å². The van der Waals surface area contributed by atoms with Crippen molar-refractivity contribution in [3.63, 3.8) is 0 Å². The van der Waals surface area contributed by atoms with E-state index < -0.39 is 0 Å². The lowest BCUT2D eigenvalue weighted by Gasteiger charge is -2.24. The lowest BCUT2D eigenvalue weighted by molar-refractivity contribution is 0.790. The first-order valence-electron chi connectivity index (χ1n) is 21.2. The van der Waals surface area contributed by atoms with Crippen LogP contribution in [0.3, 0.4) is 0 Å². The van der Waals surface area contributed by atoms with Gasteiger partial charge in [-0.25, -0.2) is 15.0 Å². The number of hydrogen-bond donors (Lipinski definition) is 0. The number of aromatic nitrogens is 3. The number of nitrogens with zero attached hydrogens (tertiary/aromatic N) is 3. The first-order chi connectivity index (χ1) is 29.6. The van der Waals surface area contributed by atoms with Crippen molar-refractivity contribution in [3.8, 4) is 33.9 Å². The maximum absolute atomic E-state index is 5.17. The van der Waals surface area contributed by atoms with Gasteiger partial charge in [0.25, 0.3) is 0 Å². The molecule has 1 aliphatic carbocycles. The summed E-state index contributed by atoms with van der Waals surface area (Å²) in [7, 11) is 0. The van der Waals surface area contributed by atoms with Crippen LogP contribution in [0.25, 0.3) is 93.3 Å². The van der Waals surface area contributed by atoms with E-state index in [0.717, 1.165) is 47.2 Å². The van der Waals surface area contributed by atoms with E-state index in [4.69, 9.17) is 15.0 Å². The minimum atomic E-state index is 0.240. The van der Waals surface area contributed by atoms with Crippen LogP contribution >= 0.6 is 0 Å². The van der Waals surface area contributed by atoms with Gasteiger partial charge in [-0.3, -0.25) is 0 Å². The molecule has 0 N–H and O–H groups in total. The Bertz CT molecular complexity index is 3360. The second-order valence-electron chi connectivity index (χ2n) is 16.1. The van der Waals surface area contributed by atoms with Gasteiger partial charge in [0.2, 0.25) is 0 Å². The van der Waals surface area contributed by atoms with E-state index in [0.29, 0.717) is 11.6 Å². The molecule has 3 nitrogen and oxygen atoms in total. The van der Waals surface area contributed by atoms with Crippen molar-refractivity contribution >= 4 is 59.4 Å². The van der Waals surface area contributed by atoms with Crippen LogP contribution in [-0.2, 0) is 0 Å². The van der Waals surface area contributed by atoms with Crippen LogP contribution in [0.5, 0.6) is 0 Å². The first kappa shape index (κ1) is 35.9. The standard InChI is InChI=1S/C57H43N3/c1-3-42(37-19-7-4-8-20-37)53-44-26-14-13-25-40(44)34-51-48-30-18-17-29-47(48)50-35-41(33-36(2)52(50)54(51)53)43-31-32-49(46-28-16-15-27-45(43)46)57-59-55(38-21-9-5-10-22-38)58-56(60-57)39-23-11-6-12-24-39/h4-11,13-23,25-35,42H,3,12,24H2,1-2H3. The third kappa shape index (κ3) is 6.00. The molecule has 0 radical (unpaired) electrons. The predicted octanol–water partition coefficient (Wildman–Crippen LogP) is 15.2. The van der Waals surface area contributed by atoms with Gasteiger partial charge < -0.3 is 0 Å². The SMILES string of the molecule is CCC(c1ccccc1)c1c2ccccc2cc2c3ccccc3c3cc(-c4ccc(-c5nc(C6=CC=CCC6)nc(-c6ccccc6)n5)c5ccccc45)cc(C)c3c12. The summed E-state index contributed by atoms with van der Waals surface area (Å²) in [5.41, 5.74) is 9.55. The summed E-state index contributed by atoms with van der Waals surface area (Å²) in [6.45, 7) is 4.64. The van der Waals surface area contributed by atoms with Gasteiger partial charge in [0.15, 0.2) is 17.5 Å². The summed E-state index contributed by atoms with van der Waals surface area (Å²) in [6.07, 6.45) is 9.34. The highest BCUT2D eigenvalue weighted by molar-refractivity contribution is 6.30. The molecular weight excluding hydrogens is 727 g/mol. The normalized spacial score (nSPS) is 13.4. The quantitative estimate of drug-likeness (QED) is 0.120. The summed E-state index contributed by atoms with van der Waals surface area (Å²) < 4.78 is 0. The van der Waals surface area contributed by atoms with Crippen molar-refractivity contribution in [3.05, 3.63) is 205 Å². The van der Waals surface area contributed by atoms with Crippen LogP contribution < -0.4 is 0 Å². The first-order valence-corrected chi connectivity index (χ1v) is 21.2. The third-order valence-corrected chi connectivity index (χ3v) is 12.6. The Morgan fingerprint density at radius 3 is 1.82 bits per heavy atom. The third-order valence-electron chi connectivity index (χ3n) is 12.6. The average Bonchev–Trinajstić information content (AvgIpc) is 3.32. The highest BCUT2D eigenvalue weighted by Gasteiger charge is 2.24. The van der Waals surface area contributed by atoms with Crippen molar-refractivity contribution < 1.29 is 0 Å². The van der Waals surface area contributed by atoms with Crippen LogP contribution in [0.2, 0.25) is 0 Å². The van der Waals surface area contributed by atoms with E-state index in [2.05, 4.69) is 178 Å². The molecular formula is C57H43N3. The van der Waals surface area contributed by atoms with Gasteiger partial charge in [-0.1, -0.05) is 171 Å². The summed E-state index contributed by atoms with van der Waals surface area (Å²) in [5, 5.41) is 12.8. The van der Waals surface area contributed by atoms with Crippen molar-refractivity contribution in [2.75, 3.05) is 0 Å². The molecule has 10 aromatic rings. The molecule has 1 atom stereocenters. The zero-order valence-electron chi connectivity index (χ0n) is 33.9. The van der Waals surface area contributed by atoms with Gasteiger partial charge in [0.05, 0.1) is 0 Å². The molecule has 1 unspecified atom stereocenters. The smallest absolute Gasteiger partial charge is 0.164 e. The monoisotopic (exact) mass is 769 g/mol. The van der Waals surface area contributed by atoms with Crippen LogP contribution in [0.15, 0.2) is 182 Å². The van der Waals surface area contributed by atoms with Crippen LogP contribution in [-0.4, -0.2) is 15.0 Å². The number of hydrogen-bond acceptors (Lipinski definition) is 3. The number of benzene rings is 9. The molecule has 0 fully saturated rings. The maximum atomic E-state index is 5.17. The summed E-state index contributed by atoms with van der Waals surface area (Å²) >= 11 is 0. The van der Waals surface area contributed by atoms with Crippen molar-refractivity contribution in [2.24, 2.45) is 0 Å². The van der Waals surface area contributed by atoms with Gasteiger partial charge in [-0.15, -0.1) is 0 Å². The Kier molecular flexibility index (Phi) is 8.89. The van der Waals surface area contributed by atoms with Crippen molar-refractivity contribution in [1.29, 1.82) is 0 Å². The zero-order valence-corrected chi connectivity index (χ0v) is 33.9. The van der Waals surface area contributed by atoms with Gasteiger partial charge >= 0.3 is 0 Å². The summed E-state index contributed by atoms with van der Waals surface area (Å²) in [6, 6.07) is 59.8. The van der Waals surface area contributed by atoms with Gasteiger partial charge in [0, 0.05) is 17.0 Å². The molecule has 0 bridgehead atoms. The van der Waals surface area contributed by atoms with E-state index >= 15 is 0 Å². The summed E-state index contributed by atoms with van der Waals surface area (Å²) in [4.78, 5) is 15.3. The fraction of sp³-hybridized carbons (Fsp3) is 0.105. The van der Waals surface area contributed by atoms with Crippen molar-refractivity contribution in [2.45, 2.75) is 39.0 Å². The number of rotatable bonds is 7. The van der Waals surface area contributed by atoms with Crippen LogP contribution in [0.1, 0.15) is 54.6 Å². The Morgan fingerprint density at radius 1 is 0.500 bits per heavy atom. The Balaban J connectivity index is 1.16. The second-order valence-corrected chi connectivity index (χ2v) is 16.1. The molecule has 0 saturated carbocycles. The number of aryl methyl sites for hydroxylation is 1. The Hall–Kier alpha value is -7.23. The van der Waals surface area contributed by atoms with Crippen LogP contribution in [0.4, 0.5) is 0 Å². The molecule has 0 aliphatic heterocycles. The molecule has 11 rings (SSSR count). The molecule has 3 heteroatoms. The minimum absolute atomic E-state index is 0.240. The lowest BCUT2D eigenvalue weighted by Crippen LogP contribution is -2.04. The molecule has 9 aromatic carbocycles. The highest BCUT2D eigenvalue weighted by Crippen LogP contribution is 2.47. The molecule has 60 heavy (non-hydrogen) atoms. The van der Waals surface area contributed by atoms with E-state index in [1.165, 1.54) is 76.3 Å². The number of allylic oxidation sites excluding steroid dienone is 4.